The highest BCUT2D eigenvalue weighted by atomic mass is 16.6. The Kier molecular flexibility index (Phi) is 10.8. The van der Waals surface area contributed by atoms with Crippen LogP contribution in [0.5, 0.6) is 0 Å². The van der Waals surface area contributed by atoms with Crippen LogP contribution in [0.4, 0.5) is 4.79 Å². The molecular weight excluding hydrogens is 422 g/mol. The standard InChI is InChI=1S/C25H41N3O5/c1-9-10-13-26-22(30)21(19-12-11-17(4)14-18(19)5)28(16(2)3)23(31)20(15-29)27-24(32)33-25(6,7)8/h11-12,14,16,20-21,29H,9-10,13,15H2,1-8H3,(H,26,30)(H,27,32). The molecule has 33 heavy (non-hydrogen) atoms. The van der Waals surface area contributed by atoms with Crippen LogP contribution in [0.2, 0.25) is 0 Å². The van der Waals surface area contributed by atoms with Crippen LogP contribution in [0, 0.1) is 13.8 Å². The van der Waals surface area contributed by atoms with E-state index in [0.29, 0.717) is 12.1 Å². The Morgan fingerprint density at radius 2 is 1.79 bits per heavy atom. The molecule has 0 aliphatic rings. The van der Waals surface area contributed by atoms with E-state index >= 15 is 0 Å². The summed E-state index contributed by atoms with van der Waals surface area (Å²) in [4.78, 5) is 40.6. The predicted molar refractivity (Wildman–Crippen MR) is 129 cm³/mol. The summed E-state index contributed by atoms with van der Waals surface area (Å²) in [7, 11) is 0. The number of benzene rings is 1. The second-order valence-corrected chi connectivity index (χ2v) is 9.63. The molecule has 8 nitrogen and oxygen atoms in total. The molecule has 8 heteroatoms. The van der Waals surface area contributed by atoms with Crippen LogP contribution >= 0.6 is 0 Å². The van der Waals surface area contributed by atoms with E-state index in [9.17, 15) is 19.5 Å². The average Bonchev–Trinajstić information content (AvgIpc) is 2.68. The number of aryl methyl sites for hydroxylation is 2. The van der Waals surface area contributed by atoms with Gasteiger partial charge in [0.25, 0.3) is 0 Å². The second-order valence-electron chi connectivity index (χ2n) is 9.63. The maximum Gasteiger partial charge on any atom is 0.408 e. The van der Waals surface area contributed by atoms with Gasteiger partial charge in [-0.1, -0.05) is 37.1 Å². The van der Waals surface area contributed by atoms with E-state index in [-0.39, 0.29) is 11.9 Å². The summed E-state index contributed by atoms with van der Waals surface area (Å²) in [6.07, 6.45) is 0.933. The van der Waals surface area contributed by atoms with Crippen molar-refractivity contribution in [2.75, 3.05) is 13.2 Å². The minimum atomic E-state index is -1.25. The number of hydrogen-bond donors (Lipinski definition) is 3. The van der Waals surface area contributed by atoms with E-state index in [0.717, 1.165) is 24.0 Å². The lowest BCUT2D eigenvalue weighted by atomic mass is 9.95. The minimum Gasteiger partial charge on any atom is -0.444 e. The number of ether oxygens (including phenoxy) is 1. The Morgan fingerprint density at radius 3 is 2.27 bits per heavy atom. The third-order valence-electron chi connectivity index (χ3n) is 5.06. The van der Waals surface area contributed by atoms with Crippen molar-refractivity contribution in [1.29, 1.82) is 0 Å². The average molecular weight is 464 g/mol. The summed E-state index contributed by atoms with van der Waals surface area (Å²) in [6, 6.07) is 3.18. The fourth-order valence-corrected chi connectivity index (χ4v) is 3.53. The molecule has 0 fully saturated rings. The molecule has 0 heterocycles. The van der Waals surface area contributed by atoms with E-state index < -0.39 is 36.3 Å². The molecule has 186 valence electrons. The lowest BCUT2D eigenvalue weighted by molar-refractivity contribution is -0.145. The molecule has 3 amide bonds. The first-order chi connectivity index (χ1) is 15.3. The van der Waals surface area contributed by atoms with Crippen LogP contribution in [0.15, 0.2) is 18.2 Å². The van der Waals surface area contributed by atoms with Crippen LogP contribution in [-0.4, -0.2) is 58.8 Å². The van der Waals surface area contributed by atoms with Gasteiger partial charge in [-0.2, -0.15) is 0 Å². The normalized spacial score (nSPS) is 13.3. The Balaban J connectivity index is 3.37. The number of carbonyl (C=O) groups is 3. The molecule has 0 bridgehead atoms. The number of hydrogen-bond acceptors (Lipinski definition) is 5. The third kappa shape index (κ3) is 8.68. The van der Waals surface area contributed by atoms with Crippen molar-refractivity contribution in [3.63, 3.8) is 0 Å². The number of amides is 3. The molecule has 0 radical (unpaired) electrons. The molecule has 1 aromatic carbocycles. The molecule has 1 rings (SSSR count). The van der Waals surface area contributed by atoms with Crippen molar-refractivity contribution in [2.24, 2.45) is 0 Å². The summed E-state index contributed by atoms with van der Waals surface area (Å²) >= 11 is 0. The van der Waals surface area contributed by atoms with Gasteiger partial charge in [0.05, 0.1) is 6.61 Å². The first kappa shape index (κ1) is 28.4. The van der Waals surface area contributed by atoms with Crippen LogP contribution < -0.4 is 10.6 Å². The molecule has 2 unspecified atom stereocenters. The number of nitrogens with one attached hydrogen (secondary N) is 2. The minimum absolute atomic E-state index is 0.300. The first-order valence-electron chi connectivity index (χ1n) is 11.6. The molecule has 0 aliphatic heterocycles. The molecule has 0 saturated heterocycles. The zero-order chi connectivity index (χ0) is 25.3. The van der Waals surface area contributed by atoms with Crippen molar-refractivity contribution in [3.05, 3.63) is 34.9 Å². The van der Waals surface area contributed by atoms with Crippen molar-refractivity contribution < 1.29 is 24.2 Å². The third-order valence-corrected chi connectivity index (χ3v) is 5.06. The van der Waals surface area contributed by atoms with Gasteiger partial charge in [-0.3, -0.25) is 9.59 Å². The van der Waals surface area contributed by atoms with E-state index in [1.54, 1.807) is 34.6 Å². The monoisotopic (exact) mass is 463 g/mol. The number of rotatable bonds is 10. The summed E-state index contributed by atoms with van der Waals surface area (Å²) in [5.74, 6) is -0.861. The highest BCUT2D eigenvalue weighted by molar-refractivity contribution is 5.92. The van der Waals surface area contributed by atoms with E-state index in [2.05, 4.69) is 10.6 Å². The van der Waals surface area contributed by atoms with Crippen LogP contribution in [0.3, 0.4) is 0 Å². The molecule has 0 aromatic heterocycles. The summed E-state index contributed by atoms with van der Waals surface area (Å²) < 4.78 is 5.24. The number of aliphatic hydroxyl groups excluding tert-OH is 1. The van der Waals surface area contributed by atoms with Gasteiger partial charge in [0.15, 0.2) is 0 Å². The SMILES string of the molecule is CCCCNC(=O)C(c1ccc(C)cc1C)N(C(=O)C(CO)NC(=O)OC(C)(C)C)C(C)C. The Hall–Kier alpha value is -2.61. The van der Waals surface area contributed by atoms with E-state index in [1.165, 1.54) is 4.90 Å². The zero-order valence-electron chi connectivity index (χ0n) is 21.3. The number of unbranched alkanes of at least 4 members (excludes halogenated alkanes) is 1. The van der Waals surface area contributed by atoms with Gasteiger partial charge >= 0.3 is 6.09 Å². The molecule has 0 saturated carbocycles. The quantitative estimate of drug-likeness (QED) is 0.461. The fraction of sp³-hybridized carbons (Fsp3) is 0.640. The highest BCUT2D eigenvalue weighted by Gasteiger charge is 2.38. The second kappa shape index (κ2) is 12.6. The van der Waals surface area contributed by atoms with Crippen LogP contribution in [0.25, 0.3) is 0 Å². The van der Waals surface area contributed by atoms with Gasteiger partial charge in [0.2, 0.25) is 11.8 Å². The molecule has 3 N–H and O–H groups in total. The van der Waals surface area contributed by atoms with Gasteiger partial charge in [-0.25, -0.2) is 4.79 Å². The van der Waals surface area contributed by atoms with Gasteiger partial charge in [0.1, 0.15) is 17.7 Å². The van der Waals surface area contributed by atoms with Crippen molar-refractivity contribution in [2.45, 2.75) is 92.0 Å². The zero-order valence-corrected chi connectivity index (χ0v) is 21.3. The lowest BCUT2D eigenvalue weighted by Crippen LogP contribution is -2.56. The first-order valence-corrected chi connectivity index (χ1v) is 11.6. The summed E-state index contributed by atoms with van der Waals surface area (Å²) in [5.41, 5.74) is 1.87. The van der Waals surface area contributed by atoms with E-state index in [4.69, 9.17) is 4.74 Å². The number of nitrogens with zero attached hydrogens (tertiary/aromatic N) is 1. The maximum absolute atomic E-state index is 13.6. The topological polar surface area (TPSA) is 108 Å². The Bertz CT molecular complexity index is 817. The van der Waals surface area contributed by atoms with Gasteiger partial charge in [-0.15, -0.1) is 0 Å². The lowest BCUT2D eigenvalue weighted by Gasteiger charge is -2.37. The number of carbonyl (C=O) groups excluding carboxylic acids is 3. The summed E-state index contributed by atoms with van der Waals surface area (Å²) in [6.45, 7) is 14.5. The molecule has 0 spiro atoms. The summed E-state index contributed by atoms with van der Waals surface area (Å²) in [5, 5.41) is 15.3. The van der Waals surface area contributed by atoms with Gasteiger partial charge in [-0.05, 0) is 66.0 Å². The molecule has 1 aromatic rings. The van der Waals surface area contributed by atoms with Crippen molar-refractivity contribution in [1.82, 2.24) is 15.5 Å². The van der Waals surface area contributed by atoms with Crippen molar-refractivity contribution >= 4 is 17.9 Å². The number of aliphatic hydroxyl groups is 1. The molecule has 0 aliphatic carbocycles. The largest absolute Gasteiger partial charge is 0.444 e. The van der Waals surface area contributed by atoms with E-state index in [1.807, 2.05) is 39.0 Å². The van der Waals surface area contributed by atoms with Gasteiger partial charge < -0.3 is 25.4 Å². The smallest absolute Gasteiger partial charge is 0.408 e. The van der Waals surface area contributed by atoms with Gasteiger partial charge in [0, 0.05) is 12.6 Å². The Labute approximate surface area is 198 Å². The predicted octanol–water partition coefficient (Wildman–Crippen LogP) is 3.38. The highest BCUT2D eigenvalue weighted by Crippen LogP contribution is 2.28. The maximum atomic E-state index is 13.6. The van der Waals surface area contributed by atoms with Crippen LogP contribution in [-0.2, 0) is 14.3 Å². The molecular formula is C25H41N3O5. The van der Waals surface area contributed by atoms with Crippen molar-refractivity contribution in [3.8, 4) is 0 Å². The Morgan fingerprint density at radius 1 is 1.15 bits per heavy atom. The number of alkyl carbamates (subject to hydrolysis) is 1. The molecule has 2 atom stereocenters. The van der Waals surface area contributed by atoms with Crippen LogP contribution in [0.1, 0.15) is 77.1 Å². The fourth-order valence-electron chi connectivity index (χ4n) is 3.53.